The standard InChI is InChI=1S/C19H18F6N2O.2ClH/c20-18(21,22)16-4-2-1-3-15(16)17(27-11-9-26-10-12-27)13-5-7-14(8-6-13)28-19(23,24)25;;/h1-8,17,26H,9-12H2;2*1H/t17-;;/m0../s1. The monoisotopic (exact) mass is 476 g/mol. The van der Waals surface area contributed by atoms with E-state index in [1.165, 1.54) is 30.3 Å². The van der Waals surface area contributed by atoms with Crippen LogP contribution in [0.1, 0.15) is 22.7 Å². The van der Waals surface area contributed by atoms with Crippen LogP contribution in [0.3, 0.4) is 0 Å². The molecular formula is C19H20Cl2F6N2O. The maximum absolute atomic E-state index is 13.6. The Balaban J connectivity index is 0.00000225. The first-order valence-corrected chi connectivity index (χ1v) is 8.62. The molecule has 0 bridgehead atoms. The molecular weight excluding hydrogens is 457 g/mol. The van der Waals surface area contributed by atoms with Crippen LogP contribution in [0.4, 0.5) is 26.3 Å². The Labute approximate surface area is 182 Å². The summed E-state index contributed by atoms with van der Waals surface area (Å²) in [6.45, 7) is 2.25. The second-order valence-corrected chi connectivity index (χ2v) is 6.39. The lowest BCUT2D eigenvalue weighted by molar-refractivity contribution is -0.274. The molecule has 0 saturated carbocycles. The summed E-state index contributed by atoms with van der Waals surface area (Å²) in [6, 6.07) is 9.54. The van der Waals surface area contributed by atoms with Crippen molar-refractivity contribution in [2.24, 2.45) is 0 Å². The minimum Gasteiger partial charge on any atom is -0.406 e. The third-order valence-electron chi connectivity index (χ3n) is 4.51. The van der Waals surface area contributed by atoms with Gasteiger partial charge in [-0.1, -0.05) is 30.3 Å². The fraction of sp³-hybridized carbons (Fsp3) is 0.368. The van der Waals surface area contributed by atoms with Crippen molar-refractivity contribution in [3.63, 3.8) is 0 Å². The van der Waals surface area contributed by atoms with Crippen LogP contribution in [0.5, 0.6) is 5.75 Å². The molecule has 1 fully saturated rings. The largest absolute Gasteiger partial charge is 0.573 e. The van der Waals surface area contributed by atoms with Gasteiger partial charge >= 0.3 is 12.5 Å². The highest BCUT2D eigenvalue weighted by molar-refractivity contribution is 5.85. The molecule has 1 heterocycles. The zero-order chi connectivity index (χ0) is 20.4. The molecule has 30 heavy (non-hydrogen) atoms. The van der Waals surface area contributed by atoms with E-state index in [1.54, 1.807) is 0 Å². The SMILES string of the molecule is Cl.Cl.FC(F)(F)Oc1ccc([C@@H](c2ccccc2C(F)(F)F)N2CCNCC2)cc1. The summed E-state index contributed by atoms with van der Waals surface area (Å²) in [6.07, 6.45) is -9.37. The fourth-order valence-electron chi connectivity index (χ4n) is 3.37. The van der Waals surface area contributed by atoms with Crippen molar-refractivity contribution in [2.75, 3.05) is 26.2 Å². The van der Waals surface area contributed by atoms with E-state index in [1.807, 2.05) is 4.90 Å². The molecule has 1 N–H and O–H groups in total. The average molecular weight is 477 g/mol. The highest BCUT2D eigenvalue weighted by Gasteiger charge is 2.37. The second-order valence-electron chi connectivity index (χ2n) is 6.39. The first kappa shape index (κ1) is 26.4. The summed E-state index contributed by atoms with van der Waals surface area (Å²) in [5.41, 5.74) is -0.219. The predicted molar refractivity (Wildman–Crippen MR) is 105 cm³/mol. The third-order valence-corrected chi connectivity index (χ3v) is 4.51. The van der Waals surface area contributed by atoms with Crippen LogP contribution < -0.4 is 10.1 Å². The molecule has 0 radical (unpaired) electrons. The number of hydrogen-bond acceptors (Lipinski definition) is 3. The smallest absolute Gasteiger partial charge is 0.406 e. The Morgan fingerprint density at radius 2 is 1.40 bits per heavy atom. The zero-order valence-corrected chi connectivity index (χ0v) is 17.1. The van der Waals surface area contributed by atoms with Gasteiger partial charge in [0.15, 0.2) is 0 Å². The predicted octanol–water partition coefficient (Wildman–Crippen LogP) is 5.44. The van der Waals surface area contributed by atoms with E-state index in [-0.39, 0.29) is 30.4 Å². The van der Waals surface area contributed by atoms with Gasteiger partial charge in [0.25, 0.3) is 0 Å². The van der Waals surface area contributed by atoms with E-state index in [9.17, 15) is 26.3 Å². The van der Waals surface area contributed by atoms with Crippen LogP contribution in [0.15, 0.2) is 48.5 Å². The van der Waals surface area contributed by atoms with Gasteiger partial charge in [0.05, 0.1) is 11.6 Å². The Morgan fingerprint density at radius 1 is 0.833 bits per heavy atom. The lowest BCUT2D eigenvalue weighted by Gasteiger charge is -2.36. The van der Waals surface area contributed by atoms with Crippen LogP contribution in [0.2, 0.25) is 0 Å². The Kier molecular flexibility index (Phi) is 9.28. The van der Waals surface area contributed by atoms with Crippen molar-refractivity contribution < 1.29 is 31.1 Å². The molecule has 168 valence electrons. The van der Waals surface area contributed by atoms with Gasteiger partial charge in [-0.2, -0.15) is 13.2 Å². The molecule has 0 aromatic heterocycles. The van der Waals surface area contributed by atoms with Gasteiger partial charge in [0.1, 0.15) is 5.75 Å². The number of ether oxygens (including phenoxy) is 1. The average Bonchev–Trinajstić information content (AvgIpc) is 2.63. The van der Waals surface area contributed by atoms with E-state index in [0.29, 0.717) is 31.7 Å². The summed E-state index contributed by atoms with van der Waals surface area (Å²) in [5.74, 6) is -0.417. The van der Waals surface area contributed by atoms with Gasteiger partial charge < -0.3 is 10.1 Å². The number of hydrogen-bond donors (Lipinski definition) is 1. The molecule has 3 rings (SSSR count). The molecule has 3 nitrogen and oxygen atoms in total. The first-order valence-electron chi connectivity index (χ1n) is 8.62. The molecule has 1 atom stereocenters. The minimum absolute atomic E-state index is 0. The van der Waals surface area contributed by atoms with Crippen LogP contribution in [0, 0.1) is 0 Å². The third kappa shape index (κ3) is 6.66. The normalized spacial score (nSPS) is 16.2. The van der Waals surface area contributed by atoms with E-state index in [0.717, 1.165) is 18.2 Å². The van der Waals surface area contributed by atoms with Crippen molar-refractivity contribution >= 4 is 24.8 Å². The highest BCUT2D eigenvalue weighted by atomic mass is 35.5. The molecule has 1 aliphatic heterocycles. The number of nitrogens with zero attached hydrogens (tertiary/aromatic N) is 1. The maximum atomic E-state index is 13.6. The quantitative estimate of drug-likeness (QED) is 0.594. The number of piperazine rings is 1. The lowest BCUT2D eigenvalue weighted by Crippen LogP contribution is -2.45. The van der Waals surface area contributed by atoms with Gasteiger partial charge in [0.2, 0.25) is 0 Å². The van der Waals surface area contributed by atoms with E-state index in [2.05, 4.69) is 10.1 Å². The number of benzene rings is 2. The molecule has 11 heteroatoms. The minimum atomic E-state index is -4.83. The van der Waals surface area contributed by atoms with Crippen LogP contribution in [-0.4, -0.2) is 37.4 Å². The lowest BCUT2D eigenvalue weighted by atomic mass is 9.92. The van der Waals surface area contributed by atoms with Crippen molar-refractivity contribution in [3.8, 4) is 5.75 Å². The topological polar surface area (TPSA) is 24.5 Å². The molecule has 1 aliphatic rings. The number of halogens is 8. The van der Waals surface area contributed by atoms with E-state index in [4.69, 9.17) is 0 Å². The molecule has 2 aromatic rings. The molecule has 0 aliphatic carbocycles. The van der Waals surface area contributed by atoms with Gasteiger partial charge in [-0.05, 0) is 29.3 Å². The summed E-state index contributed by atoms with van der Waals surface area (Å²) in [4.78, 5) is 1.89. The first-order chi connectivity index (χ1) is 13.1. The van der Waals surface area contributed by atoms with E-state index >= 15 is 0 Å². The van der Waals surface area contributed by atoms with Gasteiger partial charge in [-0.3, -0.25) is 4.90 Å². The number of alkyl halides is 6. The second kappa shape index (κ2) is 10.6. The van der Waals surface area contributed by atoms with Crippen LogP contribution in [0.25, 0.3) is 0 Å². The molecule has 1 saturated heterocycles. The maximum Gasteiger partial charge on any atom is 0.573 e. The van der Waals surface area contributed by atoms with Crippen LogP contribution in [-0.2, 0) is 6.18 Å². The fourth-order valence-corrected chi connectivity index (χ4v) is 3.37. The summed E-state index contributed by atoms with van der Waals surface area (Å²) < 4.78 is 81.7. The Bertz CT molecular complexity index is 793. The van der Waals surface area contributed by atoms with Crippen molar-refractivity contribution in [1.82, 2.24) is 10.2 Å². The Morgan fingerprint density at radius 3 is 1.93 bits per heavy atom. The highest BCUT2D eigenvalue weighted by Crippen LogP contribution is 2.39. The van der Waals surface area contributed by atoms with Crippen molar-refractivity contribution in [3.05, 3.63) is 65.2 Å². The summed E-state index contributed by atoms with van der Waals surface area (Å²) in [5, 5.41) is 3.14. The van der Waals surface area contributed by atoms with Gasteiger partial charge in [0, 0.05) is 26.2 Å². The number of rotatable bonds is 4. The van der Waals surface area contributed by atoms with Crippen molar-refractivity contribution in [1.29, 1.82) is 0 Å². The van der Waals surface area contributed by atoms with Gasteiger partial charge in [-0.15, -0.1) is 38.0 Å². The number of nitrogens with one attached hydrogen (secondary N) is 1. The molecule has 2 aromatic carbocycles. The van der Waals surface area contributed by atoms with E-state index < -0.39 is 29.9 Å². The summed E-state index contributed by atoms with van der Waals surface area (Å²) in [7, 11) is 0. The summed E-state index contributed by atoms with van der Waals surface area (Å²) >= 11 is 0. The molecule has 0 spiro atoms. The zero-order valence-electron chi connectivity index (χ0n) is 15.5. The Hall–Kier alpha value is -1.68. The molecule has 0 unspecified atom stereocenters. The van der Waals surface area contributed by atoms with Crippen LogP contribution >= 0.6 is 24.8 Å². The van der Waals surface area contributed by atoms with Gasteiger partial charge in [-0.25, -0.2) is 0 Å². The molecule has 0 amide bonds. The van der Waals surface area contributed by atoms with Crippen molar-refractivity contribution in [2.45, 2.75) is 18.6 Å².